The number of ether oxygens (including phenoxy) is 2. The fraction of sp³-hybridized carbons (Fsp3) is 0.731. The predicted octanol–water partition coefficient (Wildman–Crippen LogP) is 7.57. The molecule has 1 N–H and O–H groups in total. The second kappa shape index (κ2) is 18.1. The predicted molar refractivity (Wildman–Crippen MR) is 124 cm³/mol. The van der Waals surface area contributed by atoms with Crippen molar-refractivity contribution in [3.05, 3.63) is 24.3 Å². The zero-order chi connectivity index (χ0) is 21.9. The average molecular weight is 421 g/mol. The van der Waals surface area contributed by atoms with Crippen molar-refractivity contribution in [3.8, 4) is 11.5 Å². The number of carbonyl (C=O) groups is 1. The first-order valence-electron chi connectivity index (χ1n) is 12.3. The van der Waals surface area contributed by atoms with Crippen LogP contribution in [0.3, 0.4) is 0 Å². The fourth-order valence-corrected chi connectivity index (χ4v) is 3.57. The van der Waals surface area contributed by atoms with Crippen LogP contribution >= 0.6 is 0 Å². The molecule has 0 bridgehead atoms. The number of phenolic OH excluding ortho intramolecular Hbond substituents is 1. The van der Waals surface area contributed by atoms with Crippen LogP contribution in [0.25, 0.3) is 0 Å². The number of carbonyl (C=O) groups excluding carboxylic acids is 1. The van der Waals surface area contributed by atoms with Crippen molar-refractivity contribution in [1.82, 2.24) is 0 Å². The van der Waals surface area contributed by atoms with E-state index < -0.39 is 6.10 Å². The van der Waals surface area contributed by atoms with Crippen molar-refractivity contribution in [3.63, 3.8) is 0 Å². The Labute approximate surface area is 184 Å². The normalized spacial score (nSPS) is 11.9. The molecule has 0 saturated heterocycles. The molecular weight excluding hydrogens is 376 g/mol. The van der Waals surface area contributed by atoms with Crippen LogP contribution < -0.4 is 4.74 Å². The van der Waals surface area contributed by atoms with E-state index in [4.69, 9.17) is 9.47 Å². The molecule has 0 aromatic heterocycles. The van der Waals surface area contributed by atoms with Crippen LogP contribution in [0.2, 0.25) is 0 Å². The Morgan fingerprint density at radius 2 is 1.33 bits per heavy atom. The number of rotatable bonds is 19. The Hall–Kier alpha value is -1.71. The van der Waals surface area contributed by atoms with Crippen LogP contribution in [0.5, 0.6) is 11.5 Å². The lowest BCUT2D eigenvalue weighted by atomic mass is 10.0. The summed E-state index contributed by atoms with van der Waals surface area (Å²) in [7, 11) is 0. The van der Waals surface area contributed by atoms with Crippen molar-refractivity contribution in [2.75, 3.05) is 6.61 Å². The zero-order valence-electron chi connectivity index (χ0n) is 19.4. The van der Waals surface area contributed by atoms with Crippen molar-refractivity contribution < 1.29 is 19.4 Å². The van der Waals surface area contributed by atoms with E-state index in [1.807, 2.05) is 0 Å². The first-order chi connectivity index (χ1) is 14.6. The van der Waals surface area contributed by atoms with Gasteiger partial charge in [-0.3, -0.25) is 0 Å². The standard InChI is InChI=1S/C26H44O4/c1-3-4-5-6-7-8-9-10-11-12-13-14-15-16-17-21-29-26(28)23(2)30-25-20-18-19-24(27)22-25/h18-20,22-23,27H,3-17,21H2,1-2H3. The van der Waals surface area contributed by atoms with Gasteiger partial charge in [0.1, 0.15) is 11.5 Å². The van der Waals surface area contributed by atoms with Gasteiger partial charge >= 0.3 is 5.97 Å². The third-order valence-corrected chi connectivity index (χ3v) is 5.45. The summed E-state index contributed by atoms with van der Waals surface area (Å²) in [5, 5.41) is 9.43. The minimum Gasteiger partial charge on any atom is -0.508 e. The molecule has 0 heterocycles. The zero-order valence-corrected chi connectivity index (χ0v) is 19.4. The molecule has 0 fully saturated rings. The maximum Gasteiger partial charge on any atom is 0.347 e. The lowest BCUT2D eigenvalue weighted by molar-refractivity contribution is -0.151. The molecule has 1 aromatic rings. The molecule has 0 aliphatic heterocycles. The van der Waals surface area contributed by atoms with Crippen molar-refractivity contribution in [1.29, 1.82) is 0 Å². The number of benzene rings is 1. The first-order valence-corrected chi connectivity index (χ1v) is 12.3. The molecule has 0 spiro atoms. The second-order valence-corrected chi connectivity index (χ2v) is 8.37. The number of phenols is 1. The molecule has 1 atom stereocenters. The molecule has 0 radical (unpaired) electrons. The first kappa shape index (κ1) is 26.3. The molecular formula is C26H44O4. The van der Waals surface area contributed by atoms with Gasteiger partial charge in [0, 0.05) is 6.07 Å². The van der Waals surface area contributed by atoms with Gasteiger partial charge in [-0.05, 0) is 25.5 Å². The van der Waals surface area contributed by atoms with E-state index >= 15 is 0 Å². The molecule has 4 heteroatoms. The van der Waals surface area contributed by atoms with Gasteiger partial charge in [0.25, 0.3) is 0 Å². The number of unbranched alkanes of at least 4 members (excludes halogenated alkanes) is 14. The van der Waals surface area contributed by atoms with Gasteiger partial charge in [-0.15, -0.1) is 0 Å². The van der Waals surface area contributed by atoms with Gasteiger partial charge in [-0.1, -0.05) is 103 Å². The quantitative estimate of drug-likeness (QED) is 0.185. The Morgan fingerprint density at radius 3 is 1.83 bits per heavy atom. The SMILES string of the molecule is CCCCCCCCCCCCCCCCCOC(=O)C(C)Oc1cccc(O)c1. The number of hydrogen-bond acceptors (Lipinski definition) is 4. The Kier molecular flexibility index (Phi) is 15.9. The second-order valence-electron chi connectivity index (χ2n) is 8.37. The highest BCUT2D eigenvalue weighted by Gasteiger charge is 2.16. The molecule has 0 amide bonds. The Balaban J connectivity index is 1.86. The van der Waals surface area contributed by atoms with Crippen LogP contribution in [0.4, 0.5) is 0 Å². The molecule has 1 aromatic carbocycles. The lowest BCUT2D eigenvalue weighted by Gasteiger charge is -2.14. The Morgan fingerprint density at radius 1 is 0.833 bits per heavy atom. The van der Waals surface area contributed by atoms with Crippen LogP contribution in [-0.2, 0) is 9.53 Å². The number of esters is 1. The Bertz CT molecular complexity index is 544. The minimum absolute atomic E-state index is 0.117. The third-order valence-electron chi connectivity index (χ3n) is 5.45. The molecule has 0 aliphatic carbocycles. The molecule has 4 nitrogen and oxygen atoms in total. The molecule has 172 valence electrons. The monoisotopic (exact) mass is 420 g/mol. The summed E-state index contributed by atoms with van der Waals surface area (Å²) >= 11 is 0. The molecule has 0 aliphatic rings. The van der Waals surface area contributed by atoms with E-state index in [0.29, 0.717) is 12.4 Å². The molecule has 0 saturated carbocycles. The number of aromatic hydroxyl groups is 1. The maximum atomic E-state index is 12.0. The maximum absolute atomic E-state index is 12.0. The van der Waals surface area contributed by atoms with Gasteiger partial charge in [0.2, 0.25) is 0 Å². The van der Waals surface area contributed by atoms with Crippen LogP contribution in [0.15, 0.2) is 24.3 Å². The van der Waals surface area contributed by atoms with E-state index in [-0.39, 0.29) is 11.7 Å². The fourth-order valence-electron chi connectivity index (χ4n) is 3.57. The summed E-state index contributed by atoms with van der Waals surface area (Å²) in [6.45, 7) is 4.39. The van der Waals surface area contributed by atoms with Crippen LogP contribution in [0.1, 0.15) is 110 Å². The van der Waals surface area contributed by atoms with Crippen LogP contribution in [0, 0.1) is 0 Å². The average Bonchev–Trinajstić information content (AvgIpc) is 2.73. The van der Waals surface area contributed by atoms with Crippen molar-refractivity contribution >= 4 is 5.97 Å². The van der Waals surface area contributed by atoms with E-state index in [0.717, 1.165) is 12.8 Å². The van der Waals surface area contributed by atoms with Gasteiger partial charge in [-0.2, -0.15) is 0 Å². The highest BCUT2D eigenvalue weighted by molar-refractivity contribution is 5.74. The van der Waals surface area contributed by atoms with E-state index in [1.165, 1.54) is 89.5 Å². The third kappa shape index (κ3) is 14.3. The summed E-state index contributed by atoms with van der Waals surface area (Å²) in [4.78, 5) is 12.0. The summed E-state index contributed by atoms with van der Waals surface area (Å²) < 4.78 is 10.8. The summed E-state index contributed by atoms with van der Waals surface area (Å²) in [5.74, 6) is 0.223. The number of hydrogen-bond donors (Lipinski definition) is 1. The van der Waals surface area contributed by atoms with Crippen molar-refractivity contribution in [2.45, 2.75) is 116 Å². The summed E-state index contributed by atoms with van der Waals surface area (Å²) in [6, 6.07) is 6.43. The van der Waals surface area contributed by atoms with Gasteiger partial charge in [0.15, 0.2) is 6.10 Å². The van der Waals surface area contributed by atoms with E-state index in [2.05, 4.69) is 6.92 Å². The van der Waals surface area contributed by atoms with Gasteiger partial charge in [0.05, 0.1) is 6.61 Å². The van der Waals surface area contributed by atoms with Gasteiger partial charge < -0.3 is 14.6 Å². The van der Waals surface area contributed by atoms with Crippen molar-refractivity contribution in [2.24, 2.45) is 0 Å². The van der Waals surface area contributed by atoms with Gasteiger partial charge in [-0.25, -0.2) is 4.79 Å². The molecule has 1 rings (SSSR count). The smallest absolute Gasteiger partial charge is 0.347 e. The van der Waals surface area contributed by atoms with Crippen LogP contribution in [-0.4, -0.2) is 23.8 Å². The molecule has 30 heavy (non-hydrogen) atoms. The lowest BCUT2D eigenvalue weighted by Crippen LogP contribution is -2.26. The molecule has 1 unspecified atom stereocenters. The minimum atomic E-state index is -0.678. The summed E-state index contributed by atoms with van der Waals surface area (Å²) in [6.07, 6.45) is 19.1. The highest BCUT2D eigenvalue weighted by Crippen LogP contribution is 2.19. The van der Waals surface area contributed by atoms with E-state index in [9.17, 15) is 9.90 Å². The van der Waals surface area contributed by atoms with E-state index in [1.54, 1.807) is 25.1 Å². The highest BCUT2D eigenvalue weighted by atomic mass is 16.6. The summed E-state index contributed by atoms with van der Waals surface area (Å²) in [5.41, 5.74) is 0. The largest absolute Gasteiger partial charge is 0.508 e. The topological polar surface area (TPSA) is 55.8 Å².